The lowest BCUT2D eigenvalue weighted by Gasteiger charge is -2.08. The summed E-state index contributed by atoms with van der Waals surface area (Å²) in [5.41, 5.74) is 5.15. The summed E-state index contributed by atoms with van der Waals surface area (Å²) in [4.78, 5) is 25.4. The van der Waals surface area contributed by atoms with Crippen molar-refractivity contribution in [2.45, 2.75) is 18.6 Å². The van der Waals surface area contributed by atoms with Crippen LogP contribution < -0.4 is 20.3 Å². The van der Waals surface area contributed by atoms with E-state index in [1.807, 2.05) is 29.0 Å². The molecule has 150 valence electrons. The highest BCUT2D eigenvalue weighted by Gasteiger charge is 2.18. The molecule has 4 rings (SSSR count). The Balaban J connectivity index is 1.31. The Kier molecular flexibility index (Phi) is 5.67. The van der Waals surface area contributed by atoms with Gasteiger partial charge in [0.25, 0.3) is 5.91 Å². The van der Waals surface area contributed by atoms with Crippen LogP contribution in [0.5, 0.6) is 11.5 Å². The van der Waals surface area contributed by atoms with Gasteiger partial charge in [-0.25, -0.2) is 0 Å². The Morgan fingerprint density at radius 3 is 2.86 bits per heavy atom. The summed E-state index contributed by atoms with van der Waals surface area (Å²) in [6.07, 6.45) is 0. The van der Waals surface area contributed by atoms with Crippen LogP contribution in [0.1, 0.15) is 17.3 Å². The second-order valence-corrected chi connectivity index (χ2v) is 7.78. The fourth-order valence-corrected chi connectivity index (χ4v) is 4.19. The number of carbonyl (C=O) groups excluding carboxylic acids is 2. The molecule has 29 heavy (non-hydrogen) atoms. The minimum Gasteiger partial charge on any atom is -0.454 e. The van der Waals surface area contributed by atoms with Crippen LogP contribution in [0, 0.1) is 0 Å². The van der Waals surface area contributed by atoms with Gasteiger partial charge in [-0.3, -0.25) is 20.4 Å². The maximum Gasteiger partial charge on any atom is 0.269 e. The predicted octanol–water partition coefficient (Wildman–Crippen LogP) is 2.31. The molecular formula is C18H17N5O4S2. The molecule has 0 radical (unpaired) electrons. The Hall–Kier alpha value is -3.05. The van der Waals surface area contributed by atoms with Crippen molar-refractivity contribution in [3.05, 3.63) is 41.3 Å². The molecule has 1 aliphatic heterocycles. The van der Waals surface area contributed by atoms with Crippen molar-refractivity contribution in [1.82, 2.24) is 25.6 Å². The van der Waals surface area contributed by atoms with Crippen molar-refractivity contribution in [2.75, 3.05) is 12.5 Å². The van der Waals surface area contributed by atoms with Gasteiger partial charge in [0.15, 0.2) is 22.5 Å². The Bertz CT molecular complexity index is 1040. The standard InChI is InChI=1S/C18H17N5O4S2/c1-2-23-16(14-4-3-7-28-14)20-22-18(23)29-9-15(24)19-21-17(25)11-5-6-12-13(8-11)27-10-26-12/h3-8H,2,9-10H2,1H3,(H,19,24)(H,21,25). The van der Waals surface area contributed by atoms with Gasteiger partial charge in [-0.05, 0) is 36.6 Å². The van der Waals surface area contributed by atoms with Crippen molar-refractivity contribution in [3.63, 3.8) is 0 Å². The van der Waals surface area contributed by atoms with Gasteiger partial charge in [-0.15, -0.1) is 21.5 Å². The number of rotatable bonds is 6. The van der Waals surface area contributed by atoms with Crippen LogP contribution in [0.4, 0.5) is 0 Å². The summed E-state index contributed by atoms with van der Waals surface area (Å²) in [5.74, 6) is 1.15. The first-order valence-electron chi connectivity index (χ1n) is 8.74. The van der Waals surface area contributed by atoms with E-state index in [4.69, 9.17) is 9.47 Å². The molecule has 0 unspecified atom stereocenters. The van der Waals surface area contributed by atoms with Gasteiger partial charge in [0.2, 0.25) is 12.7 Å². The minimum absolute atomic E-state index is 0.0873. The van der Waals surface area contributed by atoms with Crippen molar-refractivity contribution < 1.29 is 19.1 Å². The second-order valence-electron chi connectivity index (χ2n) is 5.89. The number of ether oxygens (including phenoxy) is 2. The normalized spacial score (nSPS) is 12.0. The third-order valence-electron chi connectivity index (χ3n) is 4.06. The first-order valence-corrected chi connectivity index (χ1v) is 10.6. The van der Waals surface area contributed by atoms with Gasteiger partial charge in [-0.1, -0.05) is 17.8 Å². The molecule has 2 N–H and O–H groups in total. The molecule has 3 aromatic rings. The maximum atomic E-state index is 12.2. The average molecular weight is 431 g/mol. The van der Waals surface area contributed by atoms with Gasteiger partial charge in [-0.2, -0.15) is 0 Å². The largest absolute Gasteiger partial charge is 0.454 e. The summed E-state index contributed by atoms with van der Waals surface area (Å²) in [5, 5.41) is 11.0. The smallest absolute Gasteiger partial charge is 0.269 e. The van der Waals surface area contributed by atoms with Gasteiger partial charge >= 0.3 is 0 Å². The number of hydrazine groups is 1. The molecule has 1 aliphatic rings. The molecule has 9 nitrogen and oxygen atoms in total. The highest BCUT2D eigenvalue weighted by atomic mass is 32.2. The molecule has 0 bridgehead atoms. The van der Waals surface area contributed by atoms with Gasteiger partial charge in [0.1, 0.15) is 0 Å². The van der Waals surface area contributed by atoms with Crippen molar-refractivity contribution in [3.8, 4) is 22.2 Å². The zero-order chi connectivity index (χ0) is 20.2. The molecule has 0 saturated heterocycles. The first-order chi connectivity index (χ1) is 14.2. The summed E-state index contributed by atoms with van der Waals surface area (Å²) in [6.45, 7) is 2.81. The van der Waals surface area contributed by atoms with E-state index in [1.54, 1.807) is 29.5 Å². The topological polar surface area (TPSA) is 107 Å². The van der Waals surface area contributed by atoms with Crippen LogP contribution in [-0.2, 0) is 11.3 Å². The van der Waals surface area contributed by atoms with E-state index in [1.165, 1.54) is 11.8 Å². The van der Waals surface area contributed by atoms with E-state index < -0.39 is 5.91 Å². The number of nitrogens with one attached hydrogen (secondary N) is 2. The van der Waals surface area contributed by atoms with E-state index in [2.05, 4.69) is 21.0 Å². The summed E-state index contributed by atoms with van der Waals surface area (Å²) in [6, 6.07) is 8.75. The fourth-order valence-electron chi connectivity index (χ4n) is 2.67. The Morgan fingerprint density at radius 1 is 1.21 bits per heavy atom. The SMILES string of the molecule is CCn1c(SCC(=O)NNC(=O)c2ccc3c(c2)OCO3)nnc1-c1cccs1. The number of fused-ring (bicyclic) bond motifs is 1. The van der Waals surface area contributed by atoms with E-state index in [0.717, 1.165) is 10.7 Å². The summed E-state index contributed by atoms with van der Waals surface area (Å²) in [7, 11) is 0. The van der Waals surface area contributed by atoms with Gasteiger partial charge in [0.05, 0.1) is 10.6 Å². The van der Waals surface area contributed by atoms with Crippen LogP contribution in [0.25, 0.3) is 10.7 Å². The van der Waals surface area contributed by atoms with Crippen LogP contribution in [0.3, 0.4) is 0 Å². The van der Waals surface area contributed by atoms with Crippen LogP contribution in [-0.4, -0.2) is 39.1 Å². The number of nitrogens with zero attached hydrogens (tertiary/aromatic N) is 3. The number of benzene rings is 1. The van der Waals surface area contributed by atoms with Crippen LogP contribution in [0.15, 0.2) is 40.9 Å². The zero-order valence-electron chi connectivity index (χ0n) is 15.4. The third kappa shape index (κ3) is 4.20. The number of aromatic nitrogens is 3. The molecule has 0 atom stereocenters. The molecule has 3 heterocycles. The molecule has 0 saturated carbocycles. The number of hydrogen-bond donors (Lipinski definition) is 2. The average Bonchev–Trinajstić information content (AvgIpc) is 3.49. The molecule has 2 amide bonds. The minimum atomic E-state index is -0.446. The highest BCUT2D eigenvalue weighted by molar-refractivity contribution is 7.99. The first kappa shape index (κ1) is 19.3. The van der Waals surface area contributed by atoms with E-state index in [0.29, 0.717) is 28.8 Å². The third-order valence-corrected chi connectivity index (χ3v) is 5.89. The lowest BCUT2D eigenvalue weighted by Crippen LogP contribution is -2.42. The number of hydrogen-bond acceptors (Lipinski definition) is 8. The molecular weight excluding hydrogens is 414 g/mol. The monoisotopic (exact) mass is 431 g/mol. The maximum absolute atomic E-state index is 12.2. The number of thioether (sulfide) groups is 1. The molecule has 1 aromatic carbocycles. The van der Waals surface area contributed by atoms with Crippen LogP contribution in [0.2, 0.25) is 0 Å². The quantitative estimate of drug-likeness (QED) is 0.455. The number of amides is 2. The molecule has 0 aliphatic carbocycles. The van der Waals surface area contributed by atoms with E-state index in [-0.39, 0.29) is 18.5 Å². The Morgan fingerprint density at radius 2 is 2.07 bits per heavy atom. The van der Waals surface area contributed by atoms with E-state index >= 15 is 0 Å². The predicted molar refractivity (Wildman–Crippen MR) is 108 cm³/mol. The number of thiophene rings is 1. The van der Waals surface area contributed by atoms with Crippen molar-refractivity contribution in [1.29, 1.82) is 0 Å². The number of carbonyl (C=O) groups is 2. The van der Waals surface area contributed by atoms with Crippen molar-refractivity contribution >= 4 is 34.9 Å². The van der Waals surface area contributed by atoms with Gasteiger partial charge < -0.3 is 14.0 Å². The molecule has 0 fully saturated rings. The second kappa shape index (κ2) is 8.53. The van der Waals surface area contributed by atoms with Crippen LogP contribution >= 0.6 is 23.1 Å². The molecule has 2 aromatic heterocycles. The lowest BCUT2D eigenvalue weighted by molar-refractivity contribution is -0.119. The Labute approximate surface area is 174 Å². The molecule has 11 heteroatoms. The molecule has 0 spiro atoms. The fraction of sp³-hybridized carbons (Fsp3) is 0.222. The summed E-state index contributed by atoms with van der Waals surface area (Å²) < 4.78 is 12.4. The lowest BCUT2D eigenvalue weighted by atomic mass is 10.2. The van der Waals surface area contributed by atoms with Gasteiger partial charge in [0, 0.05) is 12.1 Å². The van der Waals surface area contributed by atoms with Crippen molar-refractivity contribution in [2.24, 2.45) is 0 Å². The zero-order valence-corrected chi connectivity index (χ0v) is 17.0. The van der Waals surface area contributed by atoms with E-state index in [9.17, 15) is 9.59 Å². The highest BCUT2D eigenvalue weighted by Crippen LogP contribution is 2.32. The summed E-state index contributed by atoms with van der Waals surface area (Å²) >= 11 is 2.84.